The molecule has 0 aliphatic carbocycles. The van der Waals surface area contributed by atoms with Crippen LogP contribution in [0, 0.1) is 11.7 Å². The third kappa shape index (κ3) is 5.45. The molecule has 1 fully saturated rings. The topological polar surface area (TPSA) is 55.8 Å². The largest absolute Gasteiger partial charge is 0.490 e. The van der Waals surface area contributed by atoms with E-state index in [0.29, 0.717) is 42.3 Å². The molecule has 1 aliphatic rings. The van der Waals surface area contributed by atoms with Gasteiger partial charge in [0, 0.05) is 23.7 Å². The number of nitrogens with zero attached hydrogens (tertiary/aromatic N) is 1. The summed E-state index contributed by atoms with van der Waals surface area (Å²) in [5.41, 5.74) is 0.446. The Hall–Kier alpha value is -2.60. The van der Waals surface area contributed by atoms with Crippen LogP contribution in [0.25, 0.3) is 0 Å². The average molecular weight is 406 g/mol. The van der Waals surface area contributed by atoms with Crippen LogP contribution >= 0.6 is 11.6 Å². The zero-order chi connectivity index (χ0) is 19.9. The number of amides is 1. The van der Waals surface area contributed by atoms with Crippen molar-refractivity contribution in [2.45, 2.75) is 12.8 Å². The van der Waals surface area contributed by atoms with Gasteiger partial charge in [-0.3, -0.25) is 9.59 Å². The Morgan fingerprint density at radius 1 is 1.00 bits per heavy atom. The summed E-state index contributed by atoms with van der Waals surface area (Å²) in [5.74, 6) is -0.365. The Morgan fingerprint density at radius 3 is 2.29 bits per heavy atom. The number of halogens is 2. The third-order valence-electron chi connectivity index (χ3n) is 4.62. The van der Waals surface area contributed by atoms with Crippen LogP contribution in [0.1, 0.15) is 23.2 Å². The molecular formula is C21H21ClFNO4. The standard InChI is InChI=1S/C21H21ClFNO4/c22-17-3-7-19(8-4-17)27-13-14-28-21(26)16-9-11-24(12-10-16)20(25)15-1-5-18(23)6-2-15/h1-8,16H,9-14H2. The number of piperidine rings is 1. The zero-order valence-corrected chi connectivity index (χ0v) is 16.0. The second kappa shape index (κ2) is 9.55. The maximum Gasteiger partial charge on any atom is 0.309 e. The van der Waals surface area contributed by atoms with E-state index < -0.39 is 0 Å². The van der Waals surface area contributed by atoms with Gasteiger partial charge in [-0.2, -0.15) is 0 Å². The average Bonchev–Trinajstić information content (AvgIpc) is 2.72. The van der Waals surface area contributed by atoms with Crippen molar-refractivity contribution < 1.29 is 23.5 Å². The van der Waals surface area contributed by atoms with Gasteiger partial charge in [-0.05, 0) is 61.4 Å². The third-order valence-corrected chi connectivity index (χ3v) is 4.87. The molecule has 1 saturated heterocycles. The number of esters is 1. The quantitative estimate of drug-likeness (QED) is 0.539. The summed E-state index contributed by atoms with van der Waals surface area (Å²) < 4.78 is 23.8. The summed E-state index contributed by atoms with van der Waals surface area (Å²) in [4.78, 5) is 26.3. The van der Waals surface area contributed by atoms with Crippen LogP contribution < -0.4 is 4.74 Å². The molecule has 0 spiro atoms. The van der Waals surface area contributed by atoms with Gasteiger partial charge in [0.05, 0.1) is 5.92 Å². The highest BCUT2D eigenvalue weighted by Crippen LogP contribution is 2.21. The van der Waals surface area contributed by atoms with Crippen LogP contribution in [0.3, 0.4) is 0 Å². The molecule has 7 heteroatoms. The van der Waals surface area contributed by atoms with E-state index in [-0.39, 0.29) is 36.8 Å². The molecule has 3 rings (SSSR count). The molecule has 5 nitrogen and oxygen atoms in total. The first-order chi connectivity index (χ1) is 13.5. The lowest BCUT2D eigenvalue weighted by atomic mass is 9.96. The van der Waals surface area contributed by atoms with Crippen LogP contribution in [-0.4, -0.2) is 43.1 Å². The first-order valence-electron chi connectivity index (χ1n) is 9.13. The van der Waals surface area contributed by atoms with Crippen molar-refractivity contribution in [3.8, 4) is 5.75 Å². The lowest BCUT2D eigenvalue weighted by Gasteiger charge is -2.31. The predicted octanol–water partition coefficient (Wildman–Crippen LogP) is 3.95. The minimum absolute atomic E-state index is 0.150. The van der Waals surface area contributed by atoms with E-state index in [1.807, 2.05) is 0 Å². The van der Waals surface area contributed by atoms with Gasteiger partial charge in [-0.1, -0.05) is 11.6 Å². The second-order valence-electron chi connectivity index (χ2n) is 6.54. The SMILES string of the molecule is O=C(OCCOc1ccc(Cl)cc1)C1CCN(C(=O)c2ccc(F)cc2)CC1. The first-order valence-corrected chi connectivity index (χ1v) is 9.50. The summed E-state index contributed by atoms with van der Waals surface area (Å²) in [6.07, 6.45) is 1.09. The highest BCUT2D eigenvalue weighted by atomic mass is 35.5. The van der Waals surface area contributed by atoms with E-state index >= 15 is 0 Å². The summed E-state index contributed by atoms with van der Waals surface area (Å²) in [7, 11) is 0. The van der Waals surface area contributed by atoms with Gasteiger partial charge in [0.2, 0.25) is 0 Å². The highest BCUT2D eigenvalue weighted by Gasteiger charge is 2.28. The molecule has 1 amide bonds. The van der Waals surface area contributed by atoms with E-state index in [9.17, 15) is 14.0 Å². The number of hydrogen-bond acceptors (Lipinski definition) is 4. The monoisotopic (exact) mass is 405 g/mol. The molecule has 1 aliphatic heterocycles. The maximum atomic E-state index is 13.0. The van der Waals surface area contributed by atoms with Crippen molar-refractivity contribution >= 4 is 23.5 Å². The first kappa shape index (κ1) is 20.1. The van der Waals surface area contributed by atoms with E-state index in [0.717, 1.165) is 0 Å². The van der Waals surface area contributed by atoms with Gasteiger partial charge < -0.3 is 14.4 Å². The number of benzene rings is 2. The van der Waals surface area contributed by atoms with Gasteiger partial charge in [-0.15, -0.1) is 0 Å². The van der Waals surface area contributed by atoms with Crippen LogP contribution in [-0.2, 0) is 9.53 Å². The van der Waals surface area contributed by atoms with Gasteiger partial charge >= 0.3 is 5.97 Å². The molecule has 1 heterocycles. The summed E-state index contributed by atoms with van der Waals surface area (Å²) in [6, 6.07) is 12.4. The lowest BCUT2D eigenvalue weighted by Crippen LogP contribution is -2.40. The van der Waals surface area contributed by atoms with Crippen LogP contribution in [0.5, 0.6) is 5.75 Å². The number of hydrogen-bond donors (Lipinski definition) is 0. The Bertz CT molecular complexity index is 802. The Labute approximate surface area is 168 Å². The molecular weight excluding hydrogens is 385 g/mol. The fraction of sp³-hybridized carbons (Fsp3) is 0.333. The number of carbonyl (C=O) groups excluding carboxylic acids is 2. The molecule has 0 saturated carbocycles. The van der Waals surface area contributed by atoms with Crippen LogP contribution in [0.15, 0.2) is 48.5 Å². The molecule has 0 bridgehead atoms. The molecule has 2 aromatic rings. The van der Waals surface area contributed by atoms with Crippen molar-refractivity contribution in [3.63, 3.8) is 0 Å². The summed E-state index contributed by atoms with van der Waals surface area (Å²) in [5, 5.41) is 0.628. The minimum atomic E-state index is -0.377. The molecule has 148 valence electrons. The Kier molecular flexibility index (Phi) is 6.87. The van der Waals surface area contributed by atoms with Crippen molar-refractivity contribution in [3.05, 3.63) is 64.9 Å². The van der Waals surface area contributed by atoms with E-state index in [4.69, 9.17) is 21.1 Å². The molecule has 0 N–H and O–H groups in total. The van der Waals surface area contributed by atoms with E-state index in [2.05, 4.69) is 0 Å². The van der Waals surface area contributed by atoms with Gasteiger partial charge in [0.1, 0.15) is 24.8 Å². The van der Waals surface area contributed by atoms with Gasteiger partial charge in [0.25, 0.3) is 5.91 Å². The number of ether oxygens (including phenoxy) is 2. The normalized spacial score (nSPS) is 14.6. The Balaban J connectivity index is 1.38. The van der Waals surface area contributed by atoms with Crippen LogP contribution in [0.2, 0.25) is 5.02 Å². The lowest BCUT2D eigenvalue weighted by molar-refractivity contribution is -0.150. The molecule has 0 aromatic heterocycles. The van der Waals surface area contributed by atoms with Gasteiger partial charge in [0.15, 0.2) is 0 Å². The summed E-state index contributed by atoms with van der Waals surface area (Å²) in [6.45, 7) is 1.36. The van der Waals surface area contributed by atoms with Gasteiger partial charge in [-0.25, -0.2) is 4.39 Å². The van der Waals surface area contributed by atoms with Crippen molar-refractivity contribution in [2.75, 3.05) is 26.3 Å². The van der Waals surface area contributed by atoms with E-state index in [1.54, 1.807) is 29.2 Å². The molecule has 0 atom stereocenters. The molecule has 2 aromatic carbocycles. The second-order valence-corrected chi connectivity index (χ2v) is 6.98. The smallest absolute Gasteiger partial charge is 0.309 e. The maximum absolute atomic E-state index is 13.0. The van der Waals surface area contributed by atoms with E-state index in [1.165, 1.54) is 24.3 Å². The number of rotatable bonds is 6. The molecule has 0 unspecified atom stereocenters. The fourth-order valence-electron chi connectivity index (χ4n) is 3.04. The highest BCUT2D eigenvalue weighted by molar-refractivity contribution is 6.30. The predicted molar refractivity (Wildman–Crippen MR) is 103 cm³/mol. The minimum Gasteiger partial charge on any atom is -0.490 e. The fourth-order valence-corrected chi connectivity index (χ4v) is 3.17. The number of likely N-dealkylation sites (tertiary alicyclic amines) is 1. The molecule has 28 heavy (non-hydrogen) atoms. The Morgan fingerprint density at radius 2 is 1.64 bits per heavy atom. The molecule has 0 radical (unpaired) electrons. The van der Waals surface area contributed by atoms with Crippen molar-refractivity contribution in [2.24, 2.45) is 5.92 Å². The van der Waals surface area contributed by atoms with Crippen molar-refractivity contribution in [1.29, 1.82) is 0 Å². The van der Waals surface area contributed by atoms with Crippen molar-refractivity contribution in [1.82, 2.24) is 4.90 Å². The zero-order valence-electron chi connectivity index (χ0n) is 15.3. The summed E-state index contributed by atoms with van der Waals surface area (Å²) >= 11 is 5.81. The number of carbonyl (C=O) groups is 2. The van der Waals surface area contributed by atoms with Crippen LogP contribution in [0.4, 0.5) is 4.39 Å².